The van der Waals surface area contributed by atoms with Crippen molar-refractivity contribution in [1.82, 2.24) is 4.98 Å². The summed E-state index contributed by atoms with van der Waals surface area (Å²) in [4.78, 5) is 25.4. The lowest BCUT2D eigenvalue weighted by molar-refractivity contribution is -0.386. The molecule has 10 heteroatoms. The normalized spacial score (nSPS) is 11.0. The molecule has 0 saturated carbocycles. The van der Waals surface area contributed by atoms with Gasteiger partial charge in [-0.3, -0.25) is 14.9 Å². The van der Waals surface area contributed by atoms with Crippen molar-refractivity contribution >= 4 is 41.0 Å². The van der Waals surface area contributed by atoms with Gasteiger partial charge in [-0.25, -0.2) is 0 Å². The van der Waals surface area contributed by atoms with Crippen LogP contribution in [-0.2, 0) is 11.3 Å². The number of hydrogen-bond acceptors (Lipinski definition) is 6. The van der Waals surface area contributed by atoms with Crippen LogP contribution in [0.2, 0.25) is 10.0 Å². The second-order valence-corrected chi connectivity index (χ2v) is 6.85. The first-order valence-corrected chi connectivity index (χ1v) is 9.17. The molecular formula is C20H13Cl2N3O5. The third kappa shape index (κ3) is 4.28. The highest BCUT2D eigenvalue weighted by Gasteiger charge is 2.25. The summed E-state index contributed by atoms with van der Waals surface area (Å²) in [6.07, 6.45) is 2.79. The van der Waals surface area contributed by atoms with E-state index >= 15 is 0 Å². The van der Waals surface area contributed by atoms with Crippen LogP contribution < -0.4 is 5.56 Å². The molecule has 3 rings (SSSR count). The molecule has 0 amide bonds. The number of nitrogens with one attached hydrogen (secondary N) is 1. The Morgan fingerprint density at radius 1 is 1.27 bits per heavy atom. The second-order valence-electron chi connectivity index (χ2n) is 6.04. The van der Waals surface area contributed by atoms with E-state index in [4.69, 9.17) is 32.4 Å². The number of benzene rings is 1. The molecule has 3 aromatic rings. The number of rotatable bonds is 6. The van der Waals surface area contributed by atoms with Crippen LogP contribution in [-0.4, -0.2) is 17.0 Å². The number of methoxy groups -OCH3 is 1. The van der Waals surface area contributed by atoms with E-state index in [1.165, 1.54) is 19.3 Å². The fourth-order valence-electron chi connectivity index (χ4n) is 2.81. The number of halogens is 2. The Hall–Kier alpha value is -3.38. The molecule has 0 bridgehead atoms. The van der Waals surface area contributed by atoms with Gasteiger partial charge >= 0.3 is 0 Å². The summed E-state index contributed by atoms with van der Waals surface area (Å²) >= 11 is 11.9. The van der Waals surface area contributed by atoms with Crippen molar-refractivity contribution < 1.29 is 14.1 Å². The summed E-state index contributed by atoms with van der Waals surface area (Å²) < 4.78 is 10.6. The number of nitro groups is 1. The molecule has 8 nitrogen and oxygen atoms in total. The van der Waals surface area contributed by atoms with Crippen molar-refractivity contribution in [1.29, 1.82) is 5.26 Å². The predicted octanol–water partition coefficient (Wildman–Crippen LogP) is 5.04. The van der Waals surface area contributed by atoms with Gasteiger partial charge in [0.05, 0.1) is 27.1 Å². The Morgan fingerprint density at radius 3 is 2.67 bits per heavy atom. The van der Waals surface area contributed by atoms with Gasteiger partial charge in [0.2, 0.25) is 0 Å². The van der Waals surface area contributed by atoms with Crippen molar-refractivity contribution in [3.8, 4) is 17.4 Å². The number of nitriles is 1. The van der Waals surface area contributed by atoms with Gasteiger partial charge < -0.3 is 14.1 Å². The smallest absolute Gasteiger partial charge is 0.299 e. The molecule has 0 saturated heterocycles. The molecule has 0 unspecified atom stereocenters. The molecule has 1 aromatic carbocycles. The van der Waals surface area contributed by atoms with E-state index in [1.807, 2.05) is 0 Å². The predicted molar refractivity (Wildman–Crippen MR) is 112 cm³/mol. The topological polar surface area (TPSA) is 122 Å². The molecule has 0 aliphatic rings. The number of hydrogen-bond donors (Lipinski definition) is 1. The van der Waals surface area contributed by atoms with E-state index in [0.717, 1.165) is 0 Å². The molecule has 2 aromatic heterocycles. The van der Waals surface area contributed by atoms with Gasteiger partial charge in [-0.15, -0.1) is 0 Å². The summed E-state index contributed by atoms with van der Waals surface area (Å²) in [6.45, 7) is -0.258. The molecule has 0 atom stereocenters. The summed E-state index contributed by atoms with van der Waals surface area (Å²) in [5.74, 6) is 0.889. The summed E-state index contributed by atoms with van der Waals surface area (Å²) in [7, 11) is 1.31. The fourth-order valence-corrected chi connectivity index (χ4v) is 3.10. The number of pyridine rings is 1. The van der Waals surface area contributed by atoms with E-state index in [1.54, 1.807) is 36.4 Å². The first kappa shape index (κ1) is 21.3. The average molecular weight is 446 g/mol. The van der Waals surface area contributed by atoms with Crippen molar-refractivity contribution in [3.63, 3.8) is 0 Å². The zero-order valence-corrected chi connectivity index (χ0v) is 17.0. The maximum atomic E-state index is 12.2. The van der Waals surface area contributed by atoms with Gasteiger partial charge in [0, 0.05) is 12.7 Å². The van der Waals surface area contributed by atoms with E-state index in [0.29, 0.717) is 27.1 Å². The average Bonchev–Trinajstić information content (AvgIpc) is 3.17. The monoisotopic (exact) mass is 445 g/mol. The van der Waals surface area contributed by atoms with Gasteiger partial charge in [-0.1, -0.05) is 23.2 Å². The van der Waals surface area contributed by atoms with Gasteiger partial charge in [0.1, 0.15) is 28.8 Å². The number of aromatic nitrogens is 1. The highest BCUT2D eigenvalue weighted by Crippen LogP contribution is 2.30. The Labute approximate surface area is 180 Å². The quantitative estimate of drug-likeness (QED) is 0.418. The zero-order valence-electron chi connectivity index (χ0n) is 15.4. The standard InChI is InChI=1S/C20H13Cl2N3O5/c1-29-10-14-13(9-23)20(26)24-17(19(14)25(27)28)6-3-12-4-7-18(30-12)11-2-5-15(21)16(22)8-11/h2-8H,10H2,1H3,(H,24,26)/b6-3+. The lowest BCUT2D eigenvalue weighted by atomic mass is 10.1. The lowest BCUT2D eigenvalue weighted by Gasteiger charge is -2.06. The van der Waals surface area contributed by atoms with E-state index in [2.05, 4.69) is 4.98 Å². The molecule has 0 spiro atoms. The lowest BCUT2D eigenvalue weighted by Crippen LogP contribution is -2.18. The van der Waals surface area contributed by atoms with Gasteiger partial charge in [-0.2, -0.15) is 5.26 Å². The minimum atomic E-state index is -0.745. The van der Waals surface area contributed by atoms with E-state index in [-0.39, 0.29) is 23.4 Å². The Balaban J connectivity index is 2.01. The van der Waals surface area contributed by atoms with Gasteiger partial charge in [0.15, 0.2) is 0 Å². The highest BCUT2D eigenvalue weighted by molar-refractivity contribution is 6.42. The molecule has 2 heterocycles. The molecule has 1 N–H and O–H groups in total. The van der Waals surface area contributed by atoms with Crippen LogP contribution in [0.1, 0.15) is 22.6 Å². The second kappa shape index (κ2) is 8.97. The van der Waals surface area contributed by atoms with Crippen molar-refractivity contribution in [2.75, 3.05) is 7.11 Å². The van der Waals surface area contributed by atoms with Crippen LogP contribution in [0, 0.1) is 21.4 Å². The number of furan rings is 1. The first-order valence-electron chi connectivity index (χ1n) is 8.41. The SMILES string of the molecule is COCc1c([N+](=O)[O-])c(/C=C/c2ccc(-c3ccc(Cl)c(Cl)c3)o2)[nH]c(=O)c1C#N. The van der Waals surface area contributed by atoms with Crippen molar-refractivity contribution in [2.24, 2.45) is 0 Å². The maximum Gasteiger partial charge on any atom is 0.299 e. The minimum Gasteiger partial charge on any atom is -0.457 e. The first-order chi connectivity index (χ1) is 14.3. The molecule has 0 aliphatic heterocycles. The highest BCUT2D eigenvalue weighted by atomic mass is 35.5. The van der Waals surface area contributed by atoms with Crippen LogP contribution in [0.25, 0.3) is 23.5 Å². The minimum absolute atomic E-state index is 0.0801. The molecule has 30 heavy (non-hydrogen) atoms. The third-order valence-electron chi connectivity index (χ3n) is 4.15. The van der Waals surface area contributed by atoms with Gasteiger partial charge in [-0.05, 0) is 42.5 Å². The molecule has 0 fully saturated rings. The van der Waals surface area contributed by atoms with E-state index in [9.17, 15) is 20.2 Å². The number of ether oxygens (including phenoxy) is 1. The number of nitrogens with zero attached hydrogens (tertiary/aromatic N) is 2. The van der Waals surface area contributed by atoms with Crippen LogP contribution in [0.3, 0.4) is 0 Å². The Kier molecular flexibility index (Phi) is 6.37. The zero-order chi connectivity index (χ0) is 21.8. The summed E-state index contributed by atoms with van der Waals surface area (Å²) in [5.41, 5.74) is -0.996. The van der Waals surface area contributed by atoms with Gasteiger partial charge in [0.25, 0.3) is 11.2 Å². The van der Waals surface area contributed by atoms with Crippen LogP contribution >= 0.6 is 23.2 Å². The Morgan fingerprint density at radius 2 is 2.03 bits per heavy atom. The van der Waals surface area contributed by atoms with E-state index < -0.39 is 16.2 Å². The molecule has 0 radical (unpaired) electrons. The molecule has 152 valence electrons. The Bertz CT molecular complexity index is 1250. The van der Waals surface area contributed by atoms with Crippen molar-refractivity contribution in [3.05, 3.63) is 83.4 Å². The van der Waals surface area contributed by atoms with Crippen LogP contribution in [0.4, 0.5) is 5.69 Å². The maximum absolute atomic E-state index is 12.2. The third-order valence-corrected chi connectivity index (χ3v) is 4.89. The summed E-state index contributed by atoms with van der Waals surface area (Å²) in [5, 5.41) is 21.6. The van der Waals surface area contributed by atoms with Crippen LogP contribution in [0.5, 0.6) is 0 Å². The molecule has 0 aliphatic carbocycles. The summed E-state index contributed by atoms with van der Waals surface area (Å²) in [6, 6.07) is 10.1. The van der Waals surface area contributed by atoms with Crippen LogP contribution in [0.15, 0.2) is 39.5 Å². The number of aromatic amines is 1. The van der Waals surface area contributed by atoms with Crippen molar-refractivity contribution in [2.45, 2.75) is 6.61 Å². The fraction of sp³-hybridized carbons (Fsp3) is 0.100. The molecular weight excluding hydrogens is 433 g/mol. The largest absolute Gasteiger partial charge is 0.457 e. The number of H-pyrrole nitrogens is 1.